The number of hydrogen-bond donors (Lipinski definition) is 0. The van der Waals surface area contributed by atoms with Crippen molar-refractivity contribution in [3.8, 4) is 0 Å². The Morgan fingerprint density at radius 2 is 1.90 bits per heavy atom. The number of halogens is 3. The van der Waals surface area contributed by atoms with Crippen LogP contribution < -0.4 is 4.90 Å². The van der Waals surface area contributed by atoms with Crippen molar-refractivity contribution in [2.45, 2.75) is 50.9 Å². The molecule has 2 fully saturated rings. The zero-order valence-corrected chi connectivity index (χ0v) is 11.3. The minimum absolute atomic E-state index is 0.114. The van der Waals surface area contributed by atoms with Crippen LogP contribution in [0.2, 0.25) is 0 Å². The van der Waals surface area contributed by atoms with Crippen molar-refractivity contribution in [1.29, 1.82) is 0 Å². The second-order valence-corrected chi connectivity index (χ2v) is 5.52. The van der Waals surface area contributed by atoms with Crippen LogP contribution in [0.3, 0.4) is 0 Å². The fourth-order valence-corrected chi connectivity index (χ4v) is 3.46. The Kier molecular flexibility index (Phi) is 3.22. The quantitative estimate of drug-likeness (QED) is 0.718. The molecule has 1 aromatic rings. The molecular formula is C15H17F3N2. The molecule has 0 spiro atoms. The van der Waals surface area contributed by atoms with Gasteiger partial charge in [-0.05, 0) is 44.7 Å². The lowest BCUT2D eigenvalue weighted by atomic mass is 9.96. The molecule has 20 heavy (non-hydrogen) atoms. The standard InChI is InChI=1S/C15H17F3N2/c1-2-10-8-11-5-6-12(9-10)20(11)14-13(15(16,17)18)4-3-7-19-14/h2-4,7,11-12H,5-6,8-9H2,1H3. The smallest absolute Gasteiger partial charge is 0.350 e. The molecule has 2 saturated heterocycles. The molecule has 2 aliphatic heterocycles. The summed E-state index contributed by atoms with van der Waals surface area (Å²) < 4.78 is 39.4. The maximum absolute atomic E-state index is 13.1. The Morgan fingerprint density at radius 1 is 1.25 bits per heavy atom. The van der Waals surface area contributed by atoms with Crippen molar-refractivity contribution in [3.63, 3.8) is 0 Å². The van der Waals surface area contributed by atoms with Gasteiger partial charge < -0.3 is 4.90 Å². The fourth-order valence-electron chi connectivity index (χ4n) is 3.46. The average molecular weight is 282 g/mol. The third-order valence-electron chi connectivity index (χ3n) is 4.36. The number of hydrogen-bond acceptors (Lipinski definition) is 2. The van der Waals surface area contributed by atoms with Gasteiger partial charge in [-0.15, -0.1) is 0 Å². The van der Waals surface area contributed by atoms with E-state index in [9.17, 15) is 13.2 Å². The first kappa shape index (κ1) is 13.5. The topological polar surface area (TPSA) is 16.1 Å². The first-order chi connectivity index (χ1) is 9.50. The molecule has 0 saturated carbocycles. The number of rotatable bonds is 1. The van der Waals surface area contributed by atoms with Crippen molar-refractivity contribution in [2.75, 3.05) is 4.90 Å². The molecule has 1 aromatic heterocycles. The molecule has 108 valence electrons. The summed E-state index contributed by atoms with van der Waals surface area (Å²) in [5, 5.41) is 0. The highest BCUT2D eigenvalue weighted by Gasteiger charge is 2.43. The van der Waals surface area contributed by atoms with Crippen LogP contribution in [0.25, 0.3) is 0 Å². The minimum atomic E-state index is -4.34. The summed E-state index contributed by atoms with van der Waals surface area (Å²) >= 11 is 0. The molecule has 0 radical (unpaired) electrons. The summed E-state index contributed by atoms with van der Waals surface area (Å²) in [6.07, 6.45) is 2.85. The summed E-state index contributed by atoms with van der Waals surface area (Å²) in [5.74, 6) is 0.114. The highest BCUT2D eigenvalue weighted by atomic mass is 19.4. The monoisotopic (exact) mass is 282 g/mol. The third kappa shape index (κ3) is 2.19. The van der Waals surface area contributed by atoms with Crippen molar-refractivity contribution < 1.29 is 13.2 Å². The molecule has 2 atom stereocenters. The lowest BCUT2D eigenvalue weighted by Gasteiger charge is -2.38. The van der Waals surface area contributed by atoms with Crippen molar-refractivity contribution in [1.82, 2.24) is 4.98 Å². The minimum Gasteiger partial charge on any atom is -0.350 e. The van der Waals surface area contributed by atoms with Gasteiger partial charge in [-0.1, -0.05) is 11.6 Å². The van der Waals surface area contributed by atoms with Gasteiger partial charge in [0.1, 0.15) is 5.82 Å². The molecular weight excluding hydrogens is 265 g/mol. The van der Waals surface area contributed by atoms with E-state index in [1.54, 1.807) is 0 Å². The van der Waals surface area contributed by atoms with E-state index >= 15 is 0 Å². The van der Waals surface area contributed by atoms with E-state index in [4.69, 9.17) is 0 Å². The molecule has 2 aliphatic rings. The Morgan fingerprint density at radius 3 is 2.45 bits per heavy atom. The number of piperidine rings is 1. The highest BCUT2D eigenvalue weighted by molar-refractivity contribution is 5.53. The number of allylic oxidation sites excluding steroid dienone is 1. The Hall–Kier alpha value is -1.52. The molecule has 3 heterocycles. The SMILES string of the molecule is CC=C1CC2CCC(C1)N2c1ncccc1C(F)(F)F. The van der Waals surface area contributed by atoms with Gasteiger partial charge in [-0.2, -0.15) is 13.2 Å². The van der Waals surface area contributed by atoms with E-state index in [0.29, 0.717) is 0 Å². The molecule has 2 bridgehead atoms. The summed E-state index contributed by atoms with van der Waals surface area (Å²) in [6.45, 7) is 2.01. The van der Waals surface area contributed by atoms with Gasteiger partial charge in [-0.3, -0.25) is 0 Å². The second kappa shape index (κ2) is 4.79. The van der Waals surface area contributed by atoms with E-state index in [1.165, 1.54) is 17.8 Å². The van der Waals surface area contributed by atoms with Crippen LogP contribution in [0, 0.1) is 0 Å². The summed E-state index contributed by atoms with van der Waals surface area (Å²) in [5.41, 5.74) is 0.749. The Labute approximate surface area is 116 Å². The van der Waals surface area contributed by atoms with Crippen molar-refractivity contribution in [3.05, 3.63) is 35.5 Å². The Bertz CT molecular complexity index is 520. The molecule has 2 unspecified atom stereocenters. The number of nitrogens with zero attached hydrogens (tertiary/aromatic N) is 2. The molecule has 0 amide bonds. The number of pyridine rings is 1. The van der Waals surface area contributed by atoms with Gasteiger partial charge in [0.2, 0.25) is 0 Å². The van der Waals surface area contributed by atoms with Gasteiger partial charge >= 0.3 is 6.18 Å². The lowest BCUT2D eigenvalue weighted by molar-refractivity contribution is -0.137. The third-order valence-corrected chi connectivity index (χ3v) is 4.36. The summed E-state index contributed by atoms with van der Waals surface area (Å²) in [7, 11) is 0. The van der Waals surface area contributed by atoms with E-state index in [1.807, 2.05) is 11.8 Å². The fraction of sp³-hybridized carbons (Fsp3) is 0.533. The molecule has 2 nitrogen and oxygen atoms in total. The molecule has 3 rings (SSSR count). The molecule has 0 N–H and O–H groups in total. The van der Waals surface area contributed by atoms with E-state index in [-0.39, 0.29) is 17.9 Å². The lowest BCUT2D eigenvalue weighted by Crippen LogP contribution is -2.42. The maximum Gasteiger partial charge on any atom is 0.419 e. The van der Waals surface area contributed by atoms with Gasteiger partial charge in [-0.25, -0.2) is 4.98 Å². The van der Waals surface area contributed by atoms with Gasteiger partial charge in [0.25, 0.3) is 0 Å². The van der Waals surface area contributed by atoms with Crippen LogP contribution in [-0.2, 0) is 6.18 Å². The highest BCUT2D eigenvalue weighted by Crippen LogP contribution is 2.44. The van der Waals surface area contributed by atoms with Crippen LogP contribution in [-0.4, -0.2) is 17.1 Å². The Balaban J connectivity index is 1.99. The van der Waals surface area contributed by atoms with Gasteiger partial charge in [0.05, 0.1) is 5.56 Å². The van der Waals surface area contributed by atoms with Crippen molar-refractivity contribution in [2.24, 2.45) is 0 Å². The van der Waals surface area contributed by atoms with Gasteiger partial charge in [0, 0.05) is 18.3 Å². The predicted octanol–water partition coefficient (Wildman–Crippen LogP) is 4.18. The normalized spacial score (nSPS) is 26.0. The molecule has 0 aromatic carbocycles. The number of fused-ring (bicyclic) bond motifs is 2. The maximum atomic E-state index is 13.1. The van der Waals surface area contributed by atoms with E-state index < -0.39 is 11.7 Å². The number of anilines is 1. The largest absolute Gasteiger partial charge is 0.419 e. The second-order valence-electron chi connectivity index (χ2n) is 5.52. The van der Waals surface area contributed by atoms with Crippen LogP contribution in [0.15, 0.2) is 30.0 Å². The first-order valence-corrected chi connectivity index (χ1v) is 6.95. The number of alkyl halides is 3. The zero-order chi connectivity index (χ0) is 14.3. The van der Waals surface area contributed by atoms with Crippen LogP contribution in [0.5, 0.6) is 0 Å². The van der Waals surface area contributed by atoms with Crippen LogP contribution in [0.1, 0.15) is 38.2 Å². The summed E-state index contributed by atoms with van der Waals surface area (Å²) in [4.78, 5) is 5.96. The number of aromatic nitrogens is 1. The van der Waals surface area contributed by atoms with Gasteiger partial charge in [0.15, 0.2) is 0 Å². The molecule has 5 heteroatoms. The van der Waals surface area contributed by atoms with Crippen LogP contribution in [0.4, 0.5) is 19.0 Å². The predicted molar refractivity (Wildman–Crippen MR) is 71.5 cm³/mol. The molecule has 0 aliphatic carbocycles. The first-order valence-electron chi connectivity index (χ1n) is 6.95. The average Bonchev–Trinajstić information content (AvgIpc) is 2.68. The van der Waals surface area contributed by atoms with E-state index in [0.717, 1.165) is 31.7 Å². The van der Waals surface area contributed by atoms with Crippen molar-refractivity contribution >= 4 is 5.82 Å². The van der Waals surface area contributed by atoms with Crippen LogP contribution >= 0.6 is 0 Å². The summed E-state index contributed by atoms with van der Waals surface area (Å²) in [6, 6.07) is 2.81. The van der Waals surface area contributed by atoms with E-state index in [2.05, 4.69) is 11.1 Å². The zero-order valence-electron chi connectivity index (χ0n) is 11.3.